The Morgan fingerprint density at radius 3 is 2.12 bits per heavy atom. The van der Waals surface area contributed by atoms with Crippen LogP contribution in [0.3, 0.4) is 0 Å². The number of ether oxygens (including phenoxy) is 3. The third-order valence-electron chi connectivity index (χ3n) is 3.74. The molecule has 140 valence electrons. The van der Waals surface area contributed by atoms with Crippen molar-refractivity contribution in [1.29, 1.82) is 0 Å². The molecule has 0 amide bonds. The van der Waals surface area contributed by atoms with Crippen molar-refractivity contribution in [3.63, 3.8) is 0 Å². The quantitative estimate of drug-likeness (QED) is 0.422. The number of hydrogen-bond donors (Lipinski definition) is 0. The molecule has 0 spiro atoms. The van der Waals surface area contributed by atoms with Gasteiger partial charge >= 0.3 is 17.9 Å². The lowest BCUT2D eigenvalue weighted by molar-refractivity contribution is -0.179. The van der Waals surface area contributed by atoms with Crippen LogP contribution in [-0.4, -0.2) is 36.2 Å². The normalized spacial score (nSPS) is 13.8. The summed E-state index contributed by atoms with van der Waals surface area (Å²) in [6.07, 6.45) is 2.81. The number of rotatable bonds is 11. The minimum Gasteiger partial charge on any atom is -0.466 e. The van der Waals surface area contributed by atoms with E-state index in [1.54, 1.807) is 13.8 Å². The molecule has 0 bridgehead atoms. The van der Waals surface area contributed by atoms with Gasteiger partial charge < -0.3 is 14.2 Å². The summed E-state index contributed by atoms with van der Waals surface area (Å²) in [5.74, 6) is -0.682. The van der Waals surface area contributed by atoms with Crippen molar-refractivity contribution >= 4 is 17.9 Å². The Morgan fingerprint density at radius 1 is 1.00 bits per heavy atom. The van der Waals surface area contributed by atoms with Crippen molar-refractivity contribution in [2.24, 2.45) is 5.92 Å². The first kappa shape index (κ1) is 22.4. The molecule has 0 aromatic heterocycles. The van der Waals surface area contributed by atoms with Crippen LogP contribution in [0.4, 0.5) is 0 Å². The van der Waals surface area contributed by atoms with E-state index in [9.17, 15) is 14.4 Å². The minimum atomic E-state index is -0.884. The lowest BCUT2D eigenvalue weighted by atomic mass is 9.92. The van der Waals surface area contributed by atoms with Gasteiger partial charge in [-0.25, -0.2) is 0 Å². The first-order chi connectivity index (χ1) is 11.1. The third-order valence-corrected chi connectivity index (χ3v) is 3.74. The summed E-state index contributed by atoms with van der Waals surface area (Å²) in [5, 5.41) is 0. The van der Waals surface area contributed by atoms with Crippen LogP contribution in [0.15, 0.2) is 0 Å². The first-order valence-electron chi connectivity index (χ1n) is 8.60. The molecule has 0 aliphatic heterocycles. The molecule has 6 heteroatoms. The molecule has 0 aromatic carbocycles. The maximum Gasteiger partial charge on any atom is 0.305 e. The van der Waals surface area contributed by atoms with E-state index >= 15 is 0 Å². The van der Waals surface area contributed by atoms with Gasteiger partial charge in [-0.15, -0.1) is 0 Å². The second-order valence-corrected chi connectivity index (χ2v) is 6.74. The second-order valence-electron chi connectivity index (χ2n) is 6.74. The fourth-order valence-electron chi connectivity index (χ4n) is 2.42. The molecule has 0 saturated carbocycles. The standard InChI is InChI=1S/C18H32O6/c1-7-8-17(21)22-12-11-13(2)9-10-16(23-14(3)19)18(5,6)24-15(4)20/h13,16H,7-12H2,1-6H3. The second kappa shape index (κ2) is 11.0. The Hall–Kier alpha value is -1.59. The van der Waals surface area contributed by atoms with Crippen LogP contribution in [0.5, 0.6) is 0 Å². The molecule has 0 heterocycles. The molecule has 0 fully saturated rings. The molecule has 0 N–H and O–H groups in total. The van der Waals surface area contributed by atoms with Gasteiger partial charge in [0.1, 0.15) is 11.7 Å². The van der Waals surface area contributed by atoms with Crippen molar-refractivity contribution in [2.45, 2.75) is 85.4 Å². The fraction of sp³-hybridized carbons (Fsp3) is 0.833. The van der Waals surface area contributed by atoms with Crippen molar-refractivity contribution in [3.8, 4) is 0 Å². The smallest absolute Gasteiger partial charge is 0.305 e. The highest BCUT2D eigenvalue weighted by Gasteiger charge is 2.35. The van der Waals surface area contributed by atoms with E-state index in [2.05, 4.69) is 6.92 Å². The molecule has 0 saturated heterocycles. The Morgan fingerprint density at radius 2 is 1.62 bits per heavy atom. The first-order valence-corrected chi connectivity index (χ1v) is 8.60. The third kappa shape index (κ3) is 10.2. The monoisotopic (exact) mass is 344 g/mol. The highest BCUT2D eigenvalue weighted by atomic mass is 16.6. The van der Waals surface area contributed by atoms with Gasteiger partial charge in [0.25, 0.3) is 0 Å². The average Bonchev–Trinajstić information content (AvgIpc) is 2.41. The summed E-state index contributed by atoms with van der Waals surface area (Å²) in [6.45, 7) is 10.5. The average molecular weight is 344 g/mol. The number of esters is 3. The van der Waals surface area contributed by atoms with E-state index in [0.29, 0.717) is 25.4 Å². The summed E-state index contributed by atoms with van der Waals surface area (Å²) in [7, 11) is 0. The van der Waals surface area contributed by atoms with Crippen LogP contribution >= 0.6 is 0 Å². The lowest BCUT2D eigenvalue weighted by Crippen LogP contribution is -2.43. The van der Waals surface area contributed by atoms with Crippen LogP contribution in [-0.2, 0) is 28.6 Å². The van der Waals surface area contributed by atoms with Crippen molar-refractivity contribution < 1.29 is 28.6 Å². The molecule has 0 aliphatic carbocycles. The van der Waals surface area contributed by atoms with Crippen molar-refractivity contribution in [3.05, 3.63) is 0 Å². The topological polar surface area (TPSA) is 78.9 Å². The van der Waals surface area contributed by atoms with Gasteiger partial charge in [0.15, 0.2) is 0 Å². The van der Waals surface area contributed by atoms with Gasteiger partial charge in [-0.2, -0.15) is 0 Å². The summed E-state index contributed by atoms with van der Waals surface area (Å²) < 4.78 is 15.8. The Bertz CT molecular complexity index is 416. The molecule has 0 aromatic rings. The molecular weight excluding hydrogens is 312 g/mol. The zero-order valence-corrected chi connectivity index (χ0v) is 15.8. The maximum absolute atomic E-state index is 11.3. The van der Waals surface area contributed by atoms with Crippen molar-refractivity contribution in [2.75, 3.05) is 6.61 Å². The zero-order valence-electron chi connectivity index (χ0n) is 15.8. The van der Waals surface area contributed by atoms with Crippen LogP contribution < -0.4 is 0 Å². The van der Waals surface area contributed by atoms with Crippen LogP contribution in [0, 0.1) is 5.92 Å². The van der Waals surface area contributed by atoms with Gasteiger partial charge in [-0.1, -0.05) is 13.8 Å². The van der Waals surface area contributed by atoms with Crippen LogP contribution in [0.2, 0.25) is 0 Å². The van der Waals surface area contributed by atoms with E-state index in [1.807, 2.05) is 6.92 Å². The number of carbonyl (C=O) groups excluding carboxylic acids is 3. The Kier molecular flexibility index (Phi) is 10.3. The van der Waals surface area contributed by atoms with Gasteiger partial charge in [-0.3, -0.25) is 14.4 Å². The number of hydrogen-bond acceptors (Lipinski definition) is 6. The predicted octanol–water partition coefficient (Wildman–Crippen LogP) is 3.41. The molecule has 24 heavy (non-hydrogen) atoms. The highest BCUT2D eigenvalue weighted by Crippen LogP contribution is 2.25. The van der Waals surface area contributed by atoms with Gasteiger partial charge in [0, 0.05) is 20.3 Å². The number of carbonyl (C=O) groups is 3. The molecule has 2 unspecified atom stereocenters. The van der Waals surface area contributed by atoms with E-state index in [-0.39, 0.29) is 5.97 Å². The summed E-state index contributed by atoms with van der Waals surface area (Å²) in [4.78, 5) is 33.9. The van der Waals surface area contributed by atoms with Crippen LogP contribution in [0.25, 0.3) is 0 Å². The minimum absolute atomic E-state index is 0.168. The summed E-state index contributed by atoms with van der Waals surface area (Å²) in [5.41, 5.74) is -0.884. The fourth-order valence-corrected chi connectivity index (χ4v) is 2.42. The zero-order chi connectivity index (χ0) is 18.8. The summed E-state index contributed by atoms with van der Waals surface area (Å²) in [6, 6.07) is 0. The maximum atomic E-state index is 11.3. The SMILES string of the molecule is CCCC(=O)OCCC(C)CCC(OC(C)=O)C(C)(C)OC(C)=O. The van der Waals surface area contributed by atoms with Gasteiger partial charge in [-0.05, 0) is 45.4 Å². The predicted molar refractivity (Wildman–Crippen MR) is 90.3 cm³/mol. The summed E-state index contributed by atoms with van der Waals surface area (Å²) >= 11 is 0. The largest absolute Gasteiger partial charge is 0.466 e. The molecule has 2 atom stereocenters. The van der Waals surface area contributed by atoms with E-state index < -0.39 is 23.6 Å². The molecular formula is C18H32O6. The molecule has 0 rings (SSSR count). The highest BCUT2D eigenvalue weighted by molar-refractivity contribution is 5.69. The van der Waals surface area contributed by atoms with Crippen LogP contribution in [0.1, 0.15) is 73.6 Å². The lowest BCUT2D eigenvalue weighted by Gasteiger charge is -2.33. The molecule has 6 nitrogen and oxygen atoms in total. The van der Waals surface area contributed by atoms with E-state index in [1.165, 1.54) is 13.8 Å². The van der Waals surface area contributed by atoms with E-state index in [4.69, 9.17) is 14.2 Å². The van der Waals surface area contributed by atoms with E-state index in [0.717, 1.165) is 19.3 Å². The Labute approximate surface area is 145 Å². The molecule has 0 radical (unpaired) electrons. The van der Waals surface area contributed by atoms with Gasteiger partial charge in [0.2, 0.25) is 0 Å². The molecule has 0 aliphatic rings. The van der Waals surface area contributed by atoms with Crippen molar-refractivity contribution in [1.82, 2.24) is 0 Å². The Balaban J connectivity index is 4.42. The van der Waals surface area contributed by atoms with Gasteiger partial charge in [0.05, 0.1) is 6.61 Å².